The van der Waals surface area contributed by atoms with Crippen molar-refractivity contribution < 1.29 is 0 Å². The molecule has 2 rings (SSSR count). The molecule has 1 aliphatic rings. The molecule has 0 unspecified atom stereocenters. The molecule has 1 aromatic rings. The van der Waals surface area contributed by atoms with Crippen molar-refractivity contribution in [3.63, 3.8) is 0 Å². The van der Waals surface area contributed by atoms with Gasteiger partial charge in [0.25, 0.3) is 0 Å². The lowest BCUT2D eigenvalue weighted by Crippen LogP contribution is -2.43. The molecule has 1 fully saturated rings. The summed E-state index contributed by atoms with van der Waals surface area (Å²) >= 11 is 1.81. The lowest BCUT2D eigenvalue weighted by Gasteiger charge is -2.37. The van der Waals surface area contributed by atoms with Gasteiger partial charge in [0.1, 0.15) is 0 Å². The minimum absolute atomic E-state index is 0.438. The Bertz CT molecular complexity index is 353. The molecule has 0 aromatic carbocycles. The van der Waals surface area contributed by atoms with Gasteiger partial charge in [-0.05, 0) is 60.5 Å². The average Bonchev–Trinajstić information content (AvgIpc) is 3.16. The second kappa shape index (κ2) is 6.87. The van der Waals surface area contributed by atoms with Crippen molar-refractivity contribution in [3.8, 4) is 0 Å². The fraction of sp³-hybridized carbons (Fsp3) is 0.750. The predicted molar refractivity (Wildman–Crippen MR) is 84.7 cm³/mol. The standard InChI is InChI=1S/C16H28N2S/c1-4-16(5-2,12-17-3)13-18(15-6-7-15)10-14-8-9-19-11-14/h8-9,11,15,17H,4-7,10,12-13H2,1-3H3. The van der Waals surface area contributed by atoms with E-state index in [9.17, 15) is 0 Å². The van der Waals surface area contributed by atoms with E-state index in [4.69, 9.17) is 0 Å². The molecule has 0 atom stereocenters. The highest BCUT2D eigenvalue weighted by Gasteiger charge is 2.35. The van der Waals surface area contributed by atoms with E-state index in [1.54, 1.807) is 0 Å². The lowest BCUT2D eigenvalue weighted by molar-refractivity contribution is 0.124. The Labute approximate surface area is 122 Å². The molecular weight excluding hydrogens is 252 g/mol. The number of thiophene rings is 1. The van der Waals surface area contributed by atoms with E-state index < -0.39 is 0 Å². The van der Waals surface area contributed by atoms with E-state index in [1.807, 2.05) is 11.3 Å². The molecule has 1 heterocycles. The summed E-state index contributed by atoms with van der Waals surface area (Å²) in [5.74, 6) is 0. The van der Waals surface area contributed by atoms with E-state index >= 15 is 0 Å². The zero-order valence-electron chi connectivity index (χ0n) is 12.6. The van der Waals surface area contributed by atoms with Crippen molar-refractivity contribution in [3.05, 3.63) is 22.4 Å². The molecular formula is C16H28N2S. The topological polar surface area (TPSA) is 15.3 Å². The van der Waals surface area contributed by atoms with Crippen LogP contribution in [0.15, 0.2) is 16.8 Å². The maximum Gasteiger partial charge on any atom is 0.0245 e. The van der Waals surface area contributed by atoms with Crippen molar-refractivity contribution in [2.45, 2.75) is 52.1 Å². The van der Waals surface area contributed by atoms with Gasteiger partial charge < -0.3 is 5.32 Å². The highest BCUT2D eigenvalue weighted by atomic mass is 32.1. The second-order valence-corrected chi connectivity index (χ2v) is 6.79. The normalized spacial score (nSPS) is 16.2. The van der Waals surface area contributed by atoms with Crippen LogP contribution in [0.25, 0.3) is 0 Å². The van der Waals surface area contributed by atoms with Gasteiger partial charge in [0, 0.05) is 25.7 Å². The summed E-state index contributed by atoms with van der Waals surface area (Å²) in [6.07, 6.45) is 5.31. The van der Waals surface area contributed by atoms with Gasteiger partial charge >= 0.3 is 0 Å². The molecule has 3 heteroatoms. The van der Waals surface area contributed by atoms with Crippen molar-refractivity contribution in [1.82, 2.24) is 10.2 Å². The van der Waals surface area contributed by atoms with Crippen LogP contribution in [-0.2, 0) is 6.54 Å². The molecule has 0 aliphatic heterocycles. The molecule has 2 nitrogen and oxygen atoms in total. The third kappa shape index (κ3) is 4.04. The fourth-order valence-electron chi connectivity index (χ4n) is 2.96. The van der Waals surface area contributed by atoms with Gasteiger partial charge in [-0.25, -0.2) is 0 Å². The van der Waals surface area contributed by atoms with E-state index in [2.05, 4.69) is 47.9 Å². The first-order valence-corrected chi connectivity index (χ1v) is 8.57. The summed E-state index contributed by atoms with van der Waals surface area (Å²) in [4.78, 5) is 2.73. The second-order valence-electron chi connectivity index (χ2n) is 6.01. The van der Waals surface area contributed by atoms with Crippen LogP contribution in [0.1, 0.15) is 45.1 Å². The summed E-state index contributed by atoms with van der Waals surface area (Å²) in [5.41, 5.74) is 1.93. The van der Waals surface area contributed by atoms with Gasteiger partial charge in [0.05, 0.1) is 0 Å². The van der Waals surface area contributed by atoms with E-state index in [-0.39, 0.29) is 0 Å². The van der Waals surface area contributed by atoms with Crippen molar-refractivity contribution in [2.75, 3.05) is 20.1 Å². The largest absolute Gasteiger partial charge is 0.319 e. The highest BCUT2D eigenvalue weighted by Crippen LogP contribution is 2.34. The van der Waals surface area contributed by atoms with Crippen LogP contribution < -0.4 is 5.32 Å². The summed E-state index contributed by atoms with van der Waals surface area (Å²) in [7, 11) is 2.08. The van der Waals surface area contributed by atoms with Crippen LogP contribution in [0.3, 0.4) is 0 Å². The Kier molecular flexibility index (Phi) is 5.43. The highest BCUT2D eigenvalue weighted by molar-refractivity contribution is 7.07. The van der Waals surface area contributed by atoms with Crippen LogP contribution in [0.4, 0.5) is 0 Å². The Morgan fingerprint density at radius 1 is 1.37 bits per heavy atom. The smallest absolute Gasteiger partial charge is 0.0245 e. The summed E-state index contributed by atoms with van der Waals surface area (Å²) in [6.45, 7) is 8.20. The fourth-order valence-corrected chi connectivity index (χ4v) is 3.62. The minimum Gasteiger partial charge on any atom is -0.319 e. The molecule has 0 bridgehead atoms. The summed E-state index contributed by atoms with van der Waals surface area (Å²) in [5, 5.41) is 7.90. The average molecular weight is 280 g/mol. The Balaban J connectivity index is 2.02. The molecule has 0 amide bonds. The Hall–Kier alpha value is -0.380. The van der Waals surface area contributed by atoms with Crippen molar-refractivity contribution >= 4 is 11.3 Å². The van der Waals surface area contributed by atoms with Crippen LogP contribution in [0, 0.1) is 5.41 Å². The first-order valence-electron chi connectivity index (χ1n) is 7.62. The molecule has 1 saturated carbocycles. The first-order chi connectivity index (χ1) is 9.23. The molecule has 1 aromatic heterocycles. The molecule has 0 radical (unpaired) electrons. The van der Waals surface area contributed by atoms with E-state index in [0.717, 1.165) is 19.1 Å². The van der Waals surface area contributed by atoms with Gasteiger partial charge in [-0.15, -0.1) is 0 Å². The first kappa shape index (κ1) is 15.0. The maximum absolute atomic E-state index is 3.41. The quantitative estimate of drug-likeness (QED) is 0.741. The Morgan fingerprint density at radius 2 is 2.11 bits per heavy atom. The summed E-state index contributed by atoms with van der Waals surface area (Å²) in [6, 6.07) is 3.12. The number of hydrogen-bond acceptors (Lipinski definition) is 3. The van der Waals surface area contributed by atoms with Gasteiger partial charge in [0.2, 0.25) is 0 Å². The van der Waals surface area contributed by atoms with Gasteiger partial charge in [-0.3, -0.25) is 4.90 Å². The predicted octanol–water partition coefficient (Wildman–Crippen LogP) is 3.74. The third-order valence-corrected chi connectivity index (χ3v) is 5.35. The number of hydrogen-bond donors (Lipinski definition) is 1. The number of nitrogens with zero attached hydrogens (tertiary/aromatic N) is 1. The van der Waals surface area contributed by atoms with Gasteiger partial charge in [0.15, 0.2) is 0 Å². The SMILES string of the molecule is CCC(CC)(CNC)CN(Cc1ccsc1)C1CC1. The molecule has 108 valence electrons. The maximum atomic E-state index is 3.41. The molecule has 0 spiro atoms. The minimum atomic E-state index is 0.438. The van der Waals surface area contributed by atoms with Crippen LogP contribution in [-0.4, -0.2) is 31.1 Å². The zero-order chi connectivity index (χ0) is 13.7. The number of nitrogens with one attached hydrogen (secondary N) is 1. The van der Waals surface area contributed by atoms with E-state index in [0.29, 0.717) is 5.41 Å². The lowest BCUT2D eigenvalue weighted by atomic mass is 9.81. The van der Waals surface area contributed by atoms with Crippen LogP contribution in [0.2, 0.25) is 0 Å². The zero-order valence-corrected chi connectivity index (χ0v) is 13.4. The summed E-state index contributed by atoms with van der Waals surface area (Å²) < 4.78 is 0. The van der Waals surface area contributed by atoms with Crippen molar-refractivity contribution in [1.29, 1.82) is 0 Å². The van der Waals surface area contributed by atoms with Crippen molar-refractivity contribution in [2.24, 2.45) is 5.41 Å². The van der Waals surface area contributed by atoms with Gasteiger partial charge in [-0.2, -0.15) is 11.3 Å². The van der Waals surface area contributed by atoms with E-state index in [1.165, 1.54) is 37.8 Å². The molecule has 0 saturated heterocycles. The third-order valence-electron chi connectivity index (χ3n) is 4.62. The number of rotatable bonds is 9. The van der Waals surface area contributed by atoms with Crippen LogP contribution >= 0.6 is 11.3 Å². The molecule has 1 aliphatic carbocycles. The monoisotopic (exact) mass is 280 g/mol. The molecule has 19 heavy (non-hydrogen) atoms. The van der Waals surface area contributed by atoms with Crippen LogP contribution in [0.5, 0.6) is 0 Å². The molecule has 1 N–H and O–H groups in total. The van der Waals surface area contributed by atoms with Gasteiger partial charge in [-0.1, -0.05) is 13.8 Å². The Morgan fingerprint density at radius 3 is 2.58 bits per heavy atom.